The van der Waals surface area contributed by atoms with Gasteiger partial charge in [-0.05, 0) is 30.7 Å². The second-order valence-corrected chi connectivity index (χ2v) is 5.13. The lowest BCUT2D eigenvalue weighted by Crippen LogP contribution is -2.44. The third kappa shape index (κ3) is 2.33. The van der Waals surface area contributed by atoms with Crippen LogP contribution in [0.25, 0.3) is 0 Å². The van der Waals surface area contributed by atoms with E-state index in [2.05, 4.69) is 0 Å². The molecule has 2 aromatic rings. The van der Waals surface area contributed by atoms with Gasteiger partial charge >= 0.3 is 12.3 Å². The van der Waals surface area contributed by atoms with Crippen LogP contribution in [-0.2, 0) is 19.9 Å². The summed E-state index contributed by atoms with van der Waals surface area (Å²) in [5.41, 5.74) is 0.299. The van der Waals surface area contributed by atoms with Crippen molar-refractivity contribution in [1.29, 1.82) is 0 Å². The molecule has 114 valence electrons. The summed E-state index contributed by atoms with van der Waals surface area (Å²) in [6.07, 6.45) is -1.20. The molecule has 2 atom stereocenters. The number of methoxy groups -OCH3 is 1. The molecule has 2 aromatic carbocycles. The Hall–Kier alpha value is -2.40. The molecule has 22 heavy (non-hydrogen) atoms. The number of hydrogen-bond donors (Lipinski definition) is 0. The van der Waals surface area contributed by atoms with Crippen molar-refractivity contribution in [3.63, 3.8) is 0 Å². The van der Waals surface area contributed by atoms with Gasteiger partial charge in [-0.15, -0.1) is 0 Å². The molecule has 3 rings (SSSR count). The van der Waals surface area contributed by atoms with E-state index in [1.165, 1.54) is 25.3 Å². The SMILES string of the molecule is COC(=O)[C@H]1Oc2ccc(F)cc2[C@](C)(c2ccccc2)O1. The predicted octanol–water partition coefficient (Wildman–Crippen LogP) is 3.00. The Morgan fingerprint density at radius 3 is 2.64 bits per heavy atom. The van der Waals surface area contributed by atoms with E-state index in [1.807, 2.05) is 30.3 Å². The van der Waals surface area contributed by atoms with Crippen LogP contribution >= 0.6 is 0 Å². The summed E-state index contributed by atoms with van der Waals surface area (Å²) in [5, 5.41) is 0. The van der Waals surface area contributed by atoms with E-state index in [1.54, 1.807) is 6.92 Å². The first kappa shape index (κ1) is 14.5. The van der Waals surface area contributed by atoms with Crippen molar-refractivity contribution >= 4 is 5.97 Å². The maximum absolute atomic E-state index is 13.7. The third-order valence-electron chi connectivity index (χ3n) is 3.75. The Morgan fingerprint density at radius 2 is 1.95 bits per heavy atom. The minimum atomic E-state index is -1.20. The standard InChI is InChI=1S/C17H15FO4/c1-17(11-6-4-3-5-7-11)13-10-12(18)8-9-14(13)21-16(22-17)15(19)20-2/h3-10,16H,1-2H3/t16-,17-/m0/s1. The number of fused-ring (bicyclic) bond motifs is 1. The second-order valence-electron chi connectivity index (χ2n) is 5.13. The highest BCUT2D eigenvalue weighted by molar-refractivity contribution is 5.74. The van der Waals surface area contributed by atoms with Gasteiger partial charge in [0.05, 0.1) is 7.11 Å². The van der Waals surface area contributed by atoms with Crippen molar-refractivity contribution in [3.8, 4) is 5.75 Å². The van der Waals surface area contributed by atoms with E-state index < -0.39 is 23.7 Å². The Kier molecular flexibility index (Phi) is 3.58. The zero-order valence-corrected chi connectivity index (χ0v) is 12.2. The van der Waals surface area contributed by atoms with Crippen LogP contribution in [0.2, 0.25) is 0 Å². The summed E-state index contributed by atoms with van der Waals surface area (Å²) < 4.78 is 29.7. The largest absolute Gasteiger partial charge is 0.464 e. The van der Waals surface area contributed by atoms with Crippen molar-refractivity contribution in [1.82, 2.24) is 0 Å². The van der Waals surface area contributed by atoms with Crippen molar-refractivity contribution in [2.75, 3.05) is 7.11 Å². The average molecular weight is 302 g/mol. The summed E-state index contributed by atoms with van der Waals surface area (Å²) >= 11 is 0. The molecule has 1 aliphatic heterocycles. The summed E-state index contributed by atoms with van der Waals surface area (Å²) in [5.74, 6) is -0.642. The molecule has 0 amide bonds. The van der Waals surface area contributed by atoms with Gasteiger partial charge in [0.25, 0.3) is 0 Å². The molecule has 0 saturated heterocycles. The number of hydrogen-bond acceptors (Lipinski definition) is 4. The first-order valence-corrected chi connectivity index (χ1v) is 6.82. The maximum atomic E-state index is 13.7. The van der Waals surface area contributed by atoms with Gasteiger partial charge in [0, 0.05) is 5.56 Å². The van der Waals surface area contributed by atoms with Crippen LogP contribution in [0.1, 0.15) is 18.1 Å². The van der Waals surface area contributed by atoms with Crippen molar-refractivity contribution in [3.05, 3.63) is 65.5 Å². The lowest BCUT2D eigenvalue weighted by Gasteiger charge is -2.39. The number of carbonyl (C=O) groups excluding carboxylic acids is 1. The average Bonchev–Trinajstić information content (AvgIpc) is 2.55. The molecule has 0 radical (unpaired) electrons. The van der Waals surface area contributed by atoms with Gasteiger partial charge in [-0.3, -0.25) is 0 Å². The Bertz CT molecular complexity index is 701. The van der Waals surface area contributed by atoms with Crippen LogP contribution in [0, 0.1) is 5.82 Å². The molecular weight excluding hydrogens is 287 g/mol. The highest BCUT2D eigenvalue weighted by Gasteiger charge is 2.43. The lowest BCUT2D eigenvalue weighted by atomic mass is 9.86. The second kappa shape index (κ2) is 5.42. The topological polar surface area (TPSA) is 44.8 Å². The maximum Gasteiger partial charge on any atom is 0.376 e. The molecule has 0 saturated carbocycles. The molecule has 1 heterocycles. The quantitative estimate of drug-likeness (QED) is 0.800. The minimum Gasteiger partial charge on any atom is -0.464 e. The van der Waals surface area contributed by atoms with Crippen LogP contribution in [-0.4, -0.2) is 19.4 Å². The number of carbonyl (C=O) groups is 1. The van der Waals surface area contributed by atoms with Gasteiger partial charge < -0.3 is 14.2 Å². The van der Waals surface area contributed by atoms with E-state index in [0.717, 1.165) is 5.56 Å². The Balaban J connectivity index is 2.15. The number of esters is 1. The van der Waals surface area contributed by atoms with Gasteiger partial charge in [0.1, 0.15) is 17.2 Å². The normalized spacial score (nSPS) is 23.3. The molecule has 0 spiro atoms. The van der Waals surface area contributed by atoms with Gasteiger partial charge in [-0.1, -0.05) is 30.3 Å². The van der Waals surface area contributed by atoms with Gasteiger partial charge in [0.15, 0.2) is 0 Å². The molecule has 0 aromatic heterocycles. The number of ether oxygens (including phenoxy) is 3. The van der Waals surface area contributed by atoms with Crippen molar-refractivity contribution in [2.45, 2.75) is 18.8 Å². The Labute approximate surface area is 127 Å². The monoisotopic (exact) mass is 302 g/mol. The van der Waals surface area contributed by atoms with Gasteiger partial charge in [-0.2, -0.15) is 0 Å². The molecule has 0 fully saturated rings. The summed E-state index contributed by atoms with van der Waals surface area (Å²) in [7, 11) is 1.26. The molecule has 0 unspecified atom stereocenters. The Morgan fingerprint density at radius 1 is 1.23 bits per heavy atom. The number of rotatable bonds is 2. The van der Waals surface area contributed by atoms with E-state index in [4.69, 9.17) is 14.2 Å². The molecule has 0 bridgehead atoms. The summed E-state index contributed by atoms with van der Waals surface area (Å²) in [4.78, 5) is 11.8. The number of benzene rings is 2. The van der Waals surface area contributed by atoms with E-state index in [-0.39, 0.29) is 0 Å². The zero-order chi connectivity index (χ0) is 15.7. The van der Waals surface area contributed by atoms with Crippen LogP contribution in [0.3, 0.4) is 0 Å². The molecule has 1 aliphatic rings. The van der Waals surface area contributed by atoms with E-state index in [0.29, 0.717) is 11.3 Å². The fourth-order valence-corrected chi connectivity index (χ4v) is 2.57. The summed E-state index contributed by atoms with van der Waals surface area (Å²) in [6, 6.07) is 13.4. The first-order chi connectivity index (χ1) is 10.5. The van der Waals surface area contributed by atoms with Crippen LogP contribution < -0.4 is 4.74 Å². The van der Waals surface area contributed by atoms with Crippen molar-refractivity contribution in [2.24, 2.45) is 0 Å². The van der Waals surface area contributed by atoms with Gasteiger partial charge in [-0.25, -0.2) is 9.18 Å². The summed E-state index contributed by atoms with van der Waals surface area (Å²) in [6.45, 7) is 1.78. The lowest BCUT2D eigenvalue weighted by molar-refractivity contribution is -0.203. The molecule has 5 heteroatoms. The van der Waals surface area contributed by atoms with Crippen LogP contribution in [0.4, 0.5) is 4.39 Å². The molecule has 4 nitrogen and oxygen atoms in total. The molecule has 0 aliphatic carbocycles. The fraction of sp³-hybridized carbons (Fsp3) is 0.235. The predicted molar refractivity (Wildman–Crippen MR) is 76.8 cm³/mol. The van der Waals surface area contributed by atoms with Crippen LogP contribution in [0.5, 0.6) is 5.75 Å². The van der Waals surface area contributed by atoms with Crippen molar-refractivity contribution < 1.29 is 23.4 Å². The number of halogens is 1. The third-order valence-corrected chi connectivity index (χ3v) is 3.75. The zero-order valence-electron chi connectivity index (χ0n) is 12.2. The highest BCUT2D eigenvalue weighted by Crippen LogP contribution is 2.43. The minimum absolute atomic E-state index is 0.398. The fourth-order valence-electron chi connectivity index (χ4n) is 2.57. The van der Waals surface area contributed by atoms with E-state index >= 15 is 0 Å². The van der Waals surface area contributed by atoms with Crippen LogP contribution in [0.15, 0.2) is 48.5 Å². The first-order valence-electron chi connectivity index (χ1n) is 6.82. The smallest absolute Gasteiger partial charge is 0.376 e. The van der Waals surface area contributed by atoms with E-state index in [9.17, 15) is 9.18 Å². The van der Waals surface area contributed by atoms with Gasteiger partial charge in [0.2, 0.25) is 0 Å². The molecule has 0 N–H and O–H groups in total. The highest BCUT2D eigenvalue weighted by atomic mass is 19.1. The molecular formula is C17H15FO4.